The van der Waals surface area contributed by atoms with Gasteiger partial charge in [-0.2, -0.15) is 0 Å². The molecule has 2 amide bonds. The first-order chi connectivity index (χ1) is 22.1. The maximum absolute atomic E-state index is 14.8. The average molecular weight is 624 g/mol. The van der Waals surface area contributed by atoms with Gasteiger partial charge in [-0.15, -0.1) is 0 Å². The van der Waals surface area contributed by atoms with Crippen molar-refractivity contribution in [1.29, 1.82) is 0 Å². The highest BCUT2D eigenvalue weighted by Crippen LogP contribution is 2.67. The topological polar surface area (TPSA) is 99.8 Å². The first-order valence-corrected chi connectivity index (χ1v) is 16.1. The highest BCUT2D eigenvalue weighted by atomic mass is 16.5. The van der Waals surface area contributed by atoms with E-state index in [2.05, 4.69) is 66.2 Å². The van der Waals surface area contributed by atoms with Gasteiger partial charge in [0, 0.05) is 61.1 Å². The maximum atomic E-state index is 14.8. The Kier molecular flexibility index (Phi) is 8.55. The lowest BCUT2D eigenvalue weighted by atomic mass is 9.83. The number of hydrogen-bond acceptors (Lipinski definition) is 6. The van der Waals surface area contributed by atoms with Gasteiger partial charge in [0.2, 0.25) is 5.91 Å². The lowest BCUT2D eigenvalue weighted by Gasteiger charge is -2.47. The van der Waals surface area contributed by atoms with Crippen LogP contribution < -0.4 is 14.8 Å². The number of aromatic nitrogens is 2. The van der Waals surface area contributed by atoms with E-state index >= 15 is 0 Å². The molecule has 3 heterocycles. The molecule has 1 aliphatic carbocycles. The van der Waals surface area contributed by atoms with Crippen molar-refractivity contribution in [3.63, 3.8) is 0 Å². The minimum absolute atomic E-state index is 0.0108. The summed E-state index contributed by atoms with van der Waals surface area (Å²) in [5, 5.41) is 4.37. The predicted octanol–water partition coefficient (Wildman–Crippen LogP) is 6.15. The van der Waals surface area contributed by atoms with E-state index in [4.69, 9.17) is 9.47 Å². The molecule has 242 valence electrons. The molecular weight excluding hydrogens is 578 g/mol. The van der Waals surface area contributed by atoms with Crippen molar-refractivity contribution in [2.45, 2.75) is 58.0 Å². The molecule has 0 radical (unpaired) electrons. The summed E-state index contributed by atoms with van der Waals surface area (Å²) in [5.41, 5.74) is 3.88. The molecule has 46 heavy (non-hydrogen) atoms. The van der Waals surface area contributed by atoms with Crippen LogP contribution in [0.4, 0.5) is 5.69 Å². The molecule has 2 fully saturated rings. The Labute approximate surface area is 271 Å². The number of carbonyl (C=O) groups is 2. The number of carbonyl (C=O) groups excluding carboxylic acids is 2. The number of para-hydroxylation sites is 1. The Morgan fingerprint density at radius 2 is 1.83 bits per heavy atom. The highest BCUT2D eigenvalue weighted by molar-refractivity contribution is 6.01. The van der Waals surface area contributed by atoms with Gasteiger partial charge in [-0.05, 0) is 79.5 Å². The molecule has 9 nitrogen and oxygen atoms in total. The Hall–Kier alpha value is -4.37. The molecular formula is C37H45N5O4. The van der Waals surface area contributed by atoms with E-state index in [0.29, 0.717) is 56.1 Å². The third-order valence-corrected chi connectivity index (χ3v) is 10.5. The maximum Gasteiger partial charge on any atom is 0.250 e. The molecule has 4 aromatic rings. The number of pyridine rings is 1. The number of H-pyrrole nitrogens is 1. The number of aryl methyl sites for hydroxylation is 1. The molecule has 0 spiro atoms. The van der Waals surface area contributed by atoms with E-state index in [9.17, 15) is 9.59 Å². The van der Waals surface area contributed by atoms with Gasteiger partial charge in [-0.3, -0.25) is 14.6 Å². The fraction of sp³-hybridized carbons (Fsp3) is 0.432. The molecule has 1 saturated heterocycles. The number of rotatable bonds is 10. The van der Waals surface area contributed by atoms with Gasteiger partial charge in [0.15, 0.2) is 0 Å². The number of ether oxygens (including phenoxy) is 2. The van der Waals surface area contributed by atoms with Crippen LogP contribution in [0, 0.1) is 18.3 Å². The number of methoxy groups -OCH3 is 2. The fourth-order valence-electron chi connectivity index (χ4n) is 7.60. The summed E-state index contributed by atoms with van der Waals surface area (Å²) in [7, 11) is 5.22. The highest BCUT2D eigenvalue weighted by Gasteiger charge is 2.60. The van der Waals surface area contributed by atoms with Gasteiger partial charge in [-0.1, -0.05) is 38.1 Å². The van der Waals surface area contributed by atoms with E-state index < -0.39 is 5.54 Å². The molecule has 9 heteroatoms. The summed E-state index contributed by atoms with van der Waals surface area (Å²) in [5.74, 6) is 1.28. The van der Waals surface area contributed by atoms with Gasteiger partial charge in [0.05, 0.1) is 19.9 Å². The van der Waals surface area contributed by atoms with Crippen LogP contribution >= 0.6 is 0 Å². The molecule has 0 bridgehead atoms. The largest absolute Gasteiger partial charge is 0.497 e. The van der Waals surface area contributed by atoms with E-state index in [-0.39, 0.29) is 29.1 Å². The summed E-state index contributed by atoms with van der Waals surface area (Å²) >= 11 is 0. The normalized spacial score (nSPS) is 20.2. The molecule has 2 aliphatic rings. The van der Waals surface area contributed by atoms with Crippen LogP contribution in [0.5, 0.6) is 11.5 Å². The van der Waals surface area contributed by atoms with Gasteiger partial charge in [0.1, 0.15) is 17.0 Å². The summed E-state index contributed by atoms with van der Waals surface area (Å²) in [6.07, 6.45) is 4.89. The molecule has 2 aromatic heterocycles. The monoisotopic (exact) mass is 623 g/mol. The molecule has 6 rings (SSSR count). The molecule has 2 aromatic carbocycles. The number of piperidine rings is 1. The standard InChI is InChI=1S/C37H45N5O4/c1-24-33(27-11-7-8-12-29(27)39-24)34-28(36(34,2)3)21-32(43)42(23-25-10-9-17-38-22-25)37(15-18-41(4)19-16-37)35(44)40-30-14-13-26(45-5)20-31(30)46-6/h7-14,17,20,22,28,34,39H,15-16,18-19,21,23H2,1-6H3,(H,40,44)/t28-,34-/m1/s1. The van der Waals surface area contributed by atoms with Gasteiger partial charge in [-0.25, -0.2) is 0 Å². The van der Waals surface area contributed by atoms with Crippen LogP contribution in [-0.4, -0.2) is 71.5 Å². The van der Waals surface area contributed by atoms with Crippen molar-refractivity contribution >= 4 is 28.4 Å². The quantitative estimate of drug-likeness (QED) is 0.220. The molecule has 2 N–H and O–H groups in total. The van der Waals surface area contributed by atoms with E-state index in [1.165, 1.54) is 10.9 Å². The second kappa shape index (κ2) is 12.4. The van der Waals surface area contributed by atoms with E-state index in [1.54, 1.807) is 44.8 Å². The van der Waals surface area contributed by atoms with Crippen molar-refractivity contribution in [2.24, 2.45) is 11.3 Å². The second-order valence-electron chi connectivity index (χ2n) is 13.5. The third kappa shape index (κ3) is 5.73. The first-order valence-electron chi connectivity index (χ1n) is 16.1. The van der Waals surface area contributed by atoms with Crippen molar-refractivity contribution in [2.75, 3.05) is 39.7 Å². The zero-order valence-electron chi connectivity index (χ0n) is 27.7. The van der Waals surface area contributed by atoms with Crippen molar-refractivity contribution in [3.05, 3.63) is 83.8 Å². The van der Waals surface area contributed by atoms with Crippen LogP contribution in [0.25, 0.3) is 10.9 Å². The number of hydrogen-bond donors (Lipinski definition) is 2. The third-order valence-electron chi connectivity index (χ3n) is 10.5. The van der Waals surface area contributed by atoms with Crippen LogP contribution in [0.1, 0.15) is 55.8 Å². The smallest absolute Gasteiger partial charge is 0.250 e. The Balaban J connectivity index is 1.35. The number of aromatic amines is 1. The number of likely N-dealkylation sites (tertiary alicyclic amines) is 1. The van der Waals surface area contributed by atoms with Crippen LogP contribution in [0.2, 0.25) is 0 Å². The number of benzene rings is 2. The number of amides is 2. The minimum Gasteiger partial charge on any atom is -0.497 e. The summed E-state index contributed by atoms with van der Waals surface area (Å²) in [4.78, 5) is 41.3. The fourth-order valence-corrected chi connectivity index (χ4v) is 7.60. The van der Waals surface area contributed by atoms with Gasteiger partial charge >= 0.3 is 0 Å². The summed E-state index contributed by atoms with van der Waals surface area (Å²) in [6, 6.07) is 17.6. The Morgan fingerprint density at radius 1 is 1.07 bits per heavy atom. The van der Waals surface area contributed by atoms with E-state index in [1.807, 2.05) is 23.1 Å². The number of nitrogens with one attached hydrogen (secondary N) is 2. The predicted molar refractivity (Wildman–Crippen MR) is 180 cm³/mol. The first kappa shape index (κ1) is 31.6. The van der Waals surface area contributed by atoms with Crippen LogP contribution in [-0.2, 0) is 16.1 Å². The van der Waals surface area contributed by atoms with Crippen LogP contribution in [0.3, 0.4) is 0 Å². The lowest BCUT2D eigenvalue weighted by Crippen LogP contribution is -2.62. The van der Waals surface area contributed by atoms with Gasteiger partial charge in [0.25, 0.3) is 5.91 Å². The van der Waals surface area contributed by atoms with E-state index in [0.717, 1.165) is 16.8 Å². The van der Waals surface area contributed by atoms with Crippen molar-refractivity contribution < 1.29 is 19.1 Å². The SMILES string of the molecule is COc1ccc(NC(=O)C2(N(Cc3cccnc3)C(=O)C[C@@H]3[C@H](c4c(C)[nH]c5ccccc45)C3(C)C)CCN(C)CC2)c(OC)c1. The van der Waals surface area contributed by atoms with Crippen molar-refractivity contribution in [1.82, 2.24) is 19.8 Å². The Bertz CT molecular complexity index is 1720. The number of anilines is 1. The Morgan fingerprint density at radius 3 is 2.52 bits per heavy atom. The molecule has 2 atom stereocenters. The molecule has 1 aliphatic heterocycles. The molecule has 0 unspecified atom stereocenters. The van der Waals surface area contributed by atoms with Crippen LogP contribution in [0.15, 0.2) is 67.0 Å². The zero-order valence-corrected chi connectivity index (χ0v) is 27.7. The lowest BCUT2D eigenvalue weighted by molar-refractivity contribution is -0.150. The number of fused-ring (bicyclic) bond motifs is 1. The minimum atomic E-state index is -1.06. The number of nitrogens with zero attached hydrogens (tertiary/aromatic N) is 3. The van der Waals surface area contributed by atoms with Gasteiger partial charge < -0.3 is 29.6 Å². The van der Waals surface area contributed by atoms with Crippen molar-refractivity contribution in [3.8, 4) is 11.5 Å². The molecule has 1 saturated carbocycles. The second-order valence-corrected chi connectivity index (χ2v) is 13.5. The summed E-state index contributed by atoms with van der Waals surface area (Å²) in [6.45, 7) is 8.33. The summed E-state index contributed by atoms with van der Waals surface area (Å²) < 4.78 is 11.0. The zero-order chi connectivity index (χ0) is 32.6. The average Bonchev–Trinajstić information content (AvgIpc) is 3.41.